The SMILES string of the molecule is COc1ccc(C(=O)N/N=C2/C[C@@H]3CC[C@]2(C)C3(C)C)cc1F. The molecule has 5 heteroatoms. The molecule has 3 rings (SSSR count). The molecule has 1 N–H and O–H groups in total. The standard InChI is InChI=1S/C18H23FN2O2/c1-17(2)12-7-8-18(17,3)15(10-12)20-21-16(22)11-5-6-14(23-4)13(19)9-11/h5-6,9,12H,7-8,10H2,1-4H3,(H,21,22)/b20-15-/t12-,18-/m0/s1. The van der Waals surface area contributed by atoms with Crippen LogP contribution in [0.2, 0.25) is 0 Å². The van der Waals surface area contributed by atoms with E-state index in [-0.39, 0.29) is 22.1 Å². The van der Waals surface area contributed by atoms with Gasteiger partial charge in [0.1, 0.15) is 0 Å². The van der Waals surface area contributed by atoms with E-state index >= 15 is 0 Å². The van der Waals surface area contributed by atoms with Crippen LogP contribution in [0.3, 0.4) is 0 Å². The third-order valence-corrected chi connectivity index (χ3v) is 6.22. The lowest BCUT2D eigenvalue weighted by atomic mass is 9.70. The molecule has 2 atom stereocenters. The lowest BCUT2D eigenvalue weighted by molar-refractivity contribution is 0.0953. The Morgan fingerprint density at radius 1 is 1.39 bits per heavy atom. The van der Waals surface area contributed by atoms with E-state index < -0.39 is 11.7 Å². The number of nitrogens with one attached hydrogen (secondary N) is 1. The van der Waals surface area contributed by atoms with Crippen LogP contribution in [0.15, 0.2) is 23.3 Å². The summed E-state index contributed by atoms with van der Waals surface area (Å²) in [6.07, 6.45) is 3.26. The summed E-state index contributed by atoms with van der Waals surface area (Å²) in [7, 11) is 1.39. The number of carbonyl (C=O) groups excluding carboxylic acids is 1. The van der Waals surface area contributed by atoms with Gasteiger partial charge in [0.25, 0.3) is 5.91 Å². The van der Waals surface area contributed by atoms with Crippen molar-refractivity contribution < 1.29 is 13.9 Å². The largest absolute Gasteiger partial charge is 0.494 e. The van der Waals surface area contributed by atoms with Gasteiger partial charge in [0.05, 0.1) is 7.11 Å². The number of methoxy groups -OCH3 is 1. The Bertz CT molecular complexity index is 684. The molecule has 1 amide bonds. The van der Waals surface area contributed by atoms with Gasteiger partial charge >= 0.3 is 0 Å². The first-order valence-corrected chi connectivity index (χ1v) is 8.00. The molecule has 4 nitrogen and oxygen atoms in total. The van der Waals surface area contributed by atoms with Crippen LogP contribution in [0, 0.1) is 22.6 Å². The van der Waals surface area contributed by atoms with E-state index in [1.165, 1.54) is 31.7 Å². The number of ether oxygens (including phenoxy) is 1. The van der Waals surface area contributed by atoms with Crippen LogP contribution >= 0.6 is 0 Å². The summed E-state index contributed by atoms with van der Waals surface area (Å²) in [4.78, 5) is 12.2. The summed E-state index contributed by atoms with van der Waals surface area (Å²) < 4.78 is 18.6. The molecule has 0 aliphatic heterocycles. The fourth-order valence-corrected chi connectivity index (χ4v) is 4.09. The quantitative estimate of drug-likeness (QED) is 0.863. The van der Waals surface area contributed by atoms with Crippen molar-refractivity contribution in [3.63, 3.8) is 0 Å². The van der Waals surface area contributed by atoms with Gasteiger partial charge in [0.15, 0.2) is 11.6 Å². The van der Waals surface area contributed by atoms with Crippen molar-refractivity contribution in [2.75, 3.05) is 7.11 Å². The van der Waals surface area contributed by atoms with Gasteiger partial charge in [-0.15, -0.1) is 0 Å². The number of carbonyl (C=O) groups is 1. The number of hydrogen-bond donors (Lipinski definition) is 1. The van der Waals surface area contributed by atoms with Gasteiger partial charge in [-0.25, -0.2) is 9.82 Å². The van der Waals surface area contributed by atoms with E-state index in [4.69, 9.17) is 4.74 Å². The highest BCUT2D eigenvalue weighted by molar-refractivity contribution is 5.98. The summed E-state index contributed by atoms with van der Waals surface area (Å²) in [5, 5.41) is 4.39. The van der Waals surface area contributed by atoms with Crippen LogP contribution < -0.4 is 10.2 Å². The van der Waals surface area contributed by atoms with Crippen LogP contribution in [0.5, 0.6) is 5.75 Å². The highest BCUT2D eigenvalue weighted by Gasteiger charge is 2.60. The maximum absolute atomic E-state index is 13.7. The Kier molecular flexibility index (Phi) is 3.69. The Hall–Kier alpha value is -1.91. The molecule has 0 saturated heterocycles. The maximum Gasteiger partial charge on any atom is 0.271 e. The second-order valence-electron chi connectivity index (χ2n) is 7.34. The Labute approximate surface area is 136 Å². The monoisotopic (exact) mass is 318 g/mol. The summed E-state index contributed by atoms with van der Waals surface area (Å²) >= 11 is 0. The van der Waals surface area contributed by atoms with Crippen LogP contribution in [0.1, 0.15) is 50.4 Å². The van der Waals surface area contributed by atoms with Crippen LogP contribution in [-0.4, -0.2) is 18.7 Å². The molecule has 1 aromatic carbocycles. The Balaban J connectivity index is 1.76. The number of hydrazone groups is 1. The Morgan fingerprint density at radius 3 is 2.65 bits per heavy atom. The number of fused-ring (bicyclic) bond motifs is 2. The summed E-state index contributed by atoms with van der Waals surface area (Å²) in [5.41, 5.74) is 4.14. The van der Waals surface area contributed by atoms with Crippen molar-refractivity contribution in [2.45, 2.75) is 40.0 Å². The zero-order valence-electron chi connectivity index (χ0n) is 14.1. The first-order chi connectivity index (χ1) is 10.8. The molecule has 0 aromatic heterocycles. The molecule has 2 aliphatic carbocycles. The van der Waals surface area contributed by atoms with Crippen molar-refractivity contribution in [3.8, 4) is 5.75 Å². The number of benzene rings is 1. The molecular weight excluding hydrogens is 295 g/mol. The second-order valence-corrected chi connectivity index (χ2v) is 7.34. The Morgan fingerprint density at radius 2 is 2.13 bits per heavy atom. The highest BCUT2D eigenvalue weighted by atomic mass is 19.1. The minimum absolute atomic E-state index is 0.0378. The number of nitrogens with zero attached hydrogens (tertiary/aromatic N) is 1. The number of halogens is 1. The first kappa shape index (κ1) is 16.0. The van der Waals surface area contributed by atoms with Gasteiger partial charge < -0.3 is 4.74 Å². The van der Waals surface area contributed by atoms with Crippen molar-refractivity contribution in [1.82, 2.24) is 5.43 Å². The normalized spacial score (nSPS) is 29.8. The minimum Gasteiger partial charge on any atom is -0.494 e. The molecule has 0 spiro atoms. The number of rotatable bonds is 3. The fourth-order valence-electron chi connectivity index (χ4n) is 4.09. The lowest BCUT2D eigenvalue weighted by Gasteiger charge is -2.34. The van der Waals surface area contributed by atoms with Crippen molar-refractivity contribution >= 4 is 11.6 Å². The van der Waals surface area contributed by atoms with E-state index in [2.05, 4.69) is 31.3 Å². The van der Waals surface area contributed by atoms with E-state index in [0.29, 0.717) is 5.92 Å². The third-order valence-electron chi connectivity index (χ3n) is 6.22. The lowest BCUT2D eigenvalue weighted by Crippen LogP contribution is -2.34. The molecular formula is C18H23FN2O2. The van der Waals surface area contributed by atoms with Gasteiger partial charge in [0.2, 0.25) is 0 Å². The van der Waals surface area contributed by atoms with Crippen molar-refractivity contribution in [3.05, 3.63) is 29.6 Å². The van der Waals surface area contributed by atoms with Crippen LogP contribution in [0.25, 0.3) is 0 Å². The molecule has 2 aliphatic rings. The highest BCUT2D eigenvalue weighted by Crippen LogP contribution is 2.63. The molecule has 0 unspecified atom stereocenters. The molecule has 0 radical (unpaired) electrons. The van der Waals surface area contributed by atoms with E-state index in [1.807, 2.05) is 0 Å². The topological polar surface area (TPSA) is 50.7 Å². The first-order valence-electron chi connectivity index (χ1n) is 8.00. The number of hydrogen-bond acceptors (Lipinski definition) is 3. The van der Waals surface area contributed by atoms with Gasteiger partial charge in [0, 0.05) is 16.7 Å². The van der Waals surface area contributed by atoms with E-state index in [9.17, 15) is 9.18 Å². The average molecular weight is 318 g/mol. The smallest absolute Gasteiger partial charge is 0.271 e. The summed E-state index contributed by atoms with van der Waals surface area (Å²) in [5.74, 6) is -0.208. The fraction of sp³-hybridized carbons (Fsp3) is 0.556. The molecule has 124 valence electrons. The molecule has 0 heterocycles. The van der Waals surface area contributed by atoms with Crippen LogP contribution in [0.4, 0.5) is 4.39 Å². The maximum atomic E-state index is 13.7. The van der Waals surface area contributed by atoms with Gasteiger partial charge in [-0.05, 0) is 48.8 Å². The molecule has 2 bridgehead atoms. The van der Waals surface area contributed by atoms with E-state index in [0.717, 1.165) is 18.6 Å². The van der Waals surface area contributed by atoms with Crippen molar-refractivity contribution in [2.24, 2.45) is 21.8 Å². The third kappa shape index (κ3) is 2.33. The number of amides is 1. The second kappa shape index (κ2) is 5.32. The van der Waals surface area contributed by atoms with Crippen LogP contribution in [-0.2, 0) is 0 Å². The molecule has 23 heavy (non-hydrogen) atoms. The van der Waals surface area contributed by atoms with Gasteiger partial charge in [-0.2, -0.15) is 5.10 Å². The van der Waals surface area contributed by atoms with Gasteiger partial charge in [-0.3, -0.25) is 4.79 Å². The summed E-state index contributed by atoms with van der Waals surface area (Å²) in [6, 6.07) is 4.14. The molecule has 1 aromatic rings. The molecule has 2 fully saturated rings. The zero-order chi connectivity index (χ0) is 16.8. The van der Waals surface area contributed by atoms with Gasteiger partial charge in [-0.1, -0.05) is 20.8 Å². The predicted molar refractivity (Wildman–Crippen MR) is 87.1 cm³/mol. The van der Waals surface area contributed by atoms with Crippen molar-refractivity contribution in [1.29, 1.82) is 0 Å². The predicted octanol–water partition coefficient (Wildman–Crippen LogP) is 3.77. The molecule has 2 saturated carbocycles. The average Bonchev–Trinajstić information content (AvgIpc) is 2.85. The summed E-state index contributed by atoms with van der Waals surface area (Å²) in [6.45, 7) is 6.81. The zero-order valence-corrected chi connectivity index (χ0v) is 14.1. The minimum atomic E-state index is -0.555. The van der Waals surface area contributed by atoms with E-state index in [1.54, 1.807) is 0 Å².